The number of carbonyl (C=O) groups is 4. The average molecular weight is 958 g/mol. The fourth-order valence-electron chi connectivity index (χ4n) is 9.79. The van der Waals surface area contributed by atoms with Gasteiger partial charge < -0.3 is 34.9 Å². The van der Waals surface area contributed by atoms with E-state index in [0.717, 1.165) is 16.1 Å². The van der Waals surface area contributed by atoms with Crippen LogP contribution in [-0.2, 0) is 19.1 Å². The number of hydrogen-bond acceptors (Lipinski definition) is 13. The largest absolute Gasteiger partial charge is 0.492 e. The minimum Gasteiger partial charge on any atom is -0.492 e. The predicted octanol–water partition coefficient (Wildman–Crippen LogP) is 6.57. The van der Waals surface area contributed by atoms with Crippen LogP contribution in [0, 0.1) is 34.5 Å². The summed E-state index contributed by atoms with van der Waals surface area (Å²) in [6.07, 6.45) is 1.11. The second-order valence-corrected chi connectivity index (χ2v) is 20.7. The molecule has 18 heteroatoms. The molecule has 1 aliphatic heterocycles. The molecule has 0 unspecified atom stereocenters. The number of nitriles is 1. The number of hydrogen-bond donors (Lipinski definition) is 3. The zero-order chi connectivity index (χ0) is 49.0. The third kappa shape index (κ3) is 11.2. The number of thiazole rings is 1. The molecule has 4 aromatic rings. The Kier molecular flexibility index (Phi) is 15.6. The standard InChI is InChI=1S/C49H61ClN8O8S/c1-29-40(67-28-54-29)30-12-15-32(16-13-30)56(9)55-43(62)38-22-33(59)26-57(38)44(63)41(47(2,3)4)58(39(60)27-64-20-10-11-21-65-35-18-19-37(42(52)61)53-25-35)45-48(5,6)46(49(45,7)8)66-34-17-14-31(24-51)36(50)23-34/h12-19,23,25,28,33,38,41,45-46,59H,10-11,20-22,26-27H2,1-9H3,(H2,52,61)(H,55,62)/t33-,38+,41-,45?,46?/m1/s1. The van der Waals surface area contributed by atoms with Gasteiger partial charge in [-0.05, 0) is 67.1 Å². The van der Waals surface area contributed by atoms with E-state index in [9.17, 15) is 24.8 Å². The van der Waals surface area contributed by atoms with Crippen LogP contribution in [-0.4, -0.2) is 112 Å². The highest BCUT2D eigenvalue weighted by Gasteiger charge is 2.68. The van der Waals surface area contributed by atoms with E-state index in [4.69, 9.17) is 31.5 Å². The van der Waals surface area contributed by atoms with Crippen LogP contribution < -0.4 is 25.6 Å². The van der Waals surface area contributed by atoms with Gasteiger partial charge in [-0.3, -0.25) is 29.6 Å². The number of β-amino-alcohol motifs (C(OH)–C–C–N with tert-alkyl or cyclic N) is 1. The van der Waals surface area contributed by atoms with Crippen LogP contribution in [0.3, 0.4) is 0 Å². The molecular formula is C49H61ClN8O8S. The second kappa shape index (κ2) is 20.6. The van der Waals surface area contributed by atoms with Crippen LogP contribution in [0.15, 0.2) is 66.3 Å². The van der Waals surface area contributed by atoms with Crippen LogP contribution in [0.1, 0.15) is 89.5 Å². The highest BCUT2D eigenvalue weighted by molar-refractivity contribution is 7.13. The number of amides is 4. The number of hydrazine groups is 1. The van der Waals surface area contributed by atoms with Gasteiger partial charge in [-0.15, -0.1) is 11.3 Å². The molecule has 358 valence electrons. The Balaban J connectivity index is 1.22. The van der Waals surface area contributed by atoms with E-state index < -0.39 is 70.2 Å². The van der Waals surface area contributed by atoms with Crippen LogP contribution in [0.4, 0.5) is 5.69 Å². The molecular weight excluding hydrogens is 896 g/mol. The van der Waals surface area contributed by atoms with Crippen molar-refractivity contribution in [1.29, 1.82) is 5.26 Å². The Morgan fingerprint density at radius 1 is 1.03 bits per heavy atom. The predicted molar refractivity (Wildman–Crippen MR) is 255 cm³/mol. The SMILES string of the molecule is Cc1ncsc1-c1ccc(N(C)NC(=O)[C@@H]2C[C@@H](O)CN2C(=O)[C@@H](N(C(=O)COCCCCOc2ccc(C(N)=O)nc2)C2C(C)(C)C(Oc3ccc(C#N)c(Cl)c3)C2(C)C)C(C)(C)C)cc1. The number of pyridine rings is 1. The van der Waals surface area contributed by atoms with Gasteiger partial charge in [0.15, 0.2) is 0 Å². The fourth-order valence-corrected chi connectivity index (χ4v) is 10.8. The van der Waals surface area contributed by atoms with E-state index in [2.05, 4.69) is 21.5 Å². The van der Waals surface area contributed by atoms with Crippen molar-refractivity contribution in [2.75, 3.05) is 38.4 Å². The number of likely N-dealkylation sites (tertiary alicyclic amines) is 1. The van der Waals surface area contributed by atoms with E-state index in [1.807, 2.05) is 79.7 Å². The molecule has 2 aromatic carbocycles. The lowest BCUT2D eigenvalue weighted by Crippen LogP contribution is -2.78. The summed E-state index contributed by atoms with van der Waals surface area (Å²) in [5.74, 6) is -1.08. The maximum absolute atomic E-state index is 15.4. The number of carbonyl (C=O) groups excluding carboxylic acids is 4. The molecule has 4 N–H and O–H groups in total. The van der Waals surface area contributed by atoms with E-state index in [0.29, 0.717) is 42.2 Å². The number of primary amides is 1. The van der Waals surface area contributed by atoms with Crippen LogP contribution >= 0.6 is 22.9 Å². The number of aliphatic hydroxyl groups excluding tert-OH is 1. The zero-order valence-electron chi connectivity index (χ0n) is 39.5. The number of aromatic nitrogens is 2. The molecule has 67 heavy (non-hydrogen) atoms. The number of unbranched alkanes of at least 4 members (excludes halogenated alkanes) is 1. The Bertz CT molecular complexity index is 2450. The molecule has 3 heterocycles. The number of anilines is 1. The van der Waals surface area contributed by atoms with Crippen molar-refractivity contribution in [3.8, 4) is 28.0 Å². The third-order valence-electron chi connectivity index (χ3n) is 12.5. The molecule has 0 bridgehead atoms. The molecule has 3 atom stereocenters. The summed E-state index contributed by atoms with van der Waals surface area (Å²) in [6.45, 7) is 15.6. The van der Waals surface area contributed by atoms with Crippen LogP contribution in [0.5, 0.6) is 11.5 Å². The lowest BCUT2D eigenvalue weighted by atomic mass is 9.48. The van der Waals surface area contributed by atoms with Crippen molar-refractivity contribution < 1.29 is 38.5 Å². The first-order valence-corrected chi connectivity index (χ1v) is 23.5. The number of ether oxygens (including phenoxy) is 3. The number of aryl methyl sites for hydroxylation is 1. The molecule has 4 amide bonds. The lowest BCUT2D eigenvalue weighted by Gasteiger charge is -2.67. The Morgan fingerprint density at radius 2 is 1.70 bits per heavy atom. The van der Waals surface area contributed by atoms with Crippen molar-refractivity contribution in [1.82, 2.24) is 25.2 Å². The number of benzene rings is 2. The van der Waals surface area contributed by atoms with Gasteiger partial charge in [0.1, 0.15) is 48.1 Å². The van der Waals surface area contributed by atoms with Gasteiger partial charge in [0.05, 0.1) is 51.3 Å². The number of nitrogens with two attached hydrogens (primary N) is 1. The molecule has 2 fully saturated rings. The van der Waals surface area contributed by atoms with Crippen LogP contribution in [0.2, 0.25) is 5.02 Å². The Labute approximate surface area is 401 Å². The van der Waals surface area contributed by atoms with Gasteiger partial charge in [0, 0.05) is 49.6 Å². The number of rotatable bonds is 18. The number of nitrogens with zero attached hydrogens (tertiary/aromatic N) is 6. The summed E-state index contributed by atoms with van der Waals surface area (Å²) in [7, 11) is 1.71. The van der Waals surface area contributed by atoms with Crippen molar-refractivity contribution in [2.45, 2.75) is 105 Å². The highest BCUT2D eigenvalue weighted by Crippen LogP contribution is 2.59. The van der Waals surface area contributed by atoms with Gasteiger partial charge in [-0.1, -0.05) is 72.2 Å². The summed E-state index contributed by atoms with van der Waals surface area (Å²) in [5.41, 5.74) is 10.7. The van der Waals surface area contributed by atoms with Gasteiger partial charge in [0.2, 0.25) is 11.8 Å². The molecule has 1 saturated heterocycles. The number of nitrogens with one attached hydrogen (secondary N) is 1. The van der Waals surface area contributed by atoms with E-state index in [1.165, 1.54) is 17.2 Å². The zero-order valence-corrected chi connectivity index (χ0v) is 41.1. The summed E-state index contributed by atoms with van der Waals surface area (Å²) >= 11 is 7.95. The number of halogens is 1. The minimum absolute atomic E-state index is 0.00527. The van der Waals surface area contributed by atoms with Gasteiger partial charge in [-0.25, -0.2) is 9.97 Å². The number of aliphatic hydroxyl groups is 1. The topological polar surface area (TPSA) is 214 Å². The van der Waals surface area contributed by atoms with Crippen molar-refractivity contribution in [3.63, 3.8) is 0 Å². The molecule has 0 radical (unpaired) electrons. The smallest absolute Gasteiger partial charge is 0.267 e. The maximum atomic E-state index is 15.4. The molecule has 16 nitrogen and oxygen atoms in total. The Hall–Kier alpha value is -5.80. The first-order chi connectivity index (χ1) is 31.6. The van der Waals surface area contributed by atoms with Gasteiger partial charge in [-0.2, -0.15) is 5.26 Å². The molecule has 2 aromatic heterocycles. The minimum atomic E-state index is -1.11. The van der Waals surface area contributed by atoms with Crippen molar-refractivity contribution in [3.05, 3.63) is 88.3 Å². The molecule has 0 spiro atoms. The normalized spacial score (nSPS) is 19.9. The second-order valence-electron chi connectivity index (χ2n) is 19.5. The highest BCUT2D eigenvalue weighted by atomic mass is 35.5. The monoisotopic (exact) mass is 956 g/mol. The fraction of sp³-hybridized carbons (Fsp3) is 0.490. The summed E-state index contributed by atoms with van der Waals surface area (Å²) in [4.78, 5) is 68.2. The van der Waals surface area contributed by atoms with E-state index in [-0.39, 0.29) is 36.9 Å². The first-order valence-electron chi connectivity index (χ1n) is 22.2. The van der Waals surface area contributed by atoms with Crippen molar-refractivity contribution >= 4 is 52.3 Å². The maximum Gasteiger partial charge on any atom is 0.267 e. The molecule has 1 aliphatic carbocycles. The first kappa shape index (κ1) is 50.6. The Morgan fingerprint density at radius 3 is 2.28 bits per heavy atom. The van der Waals surface area contributed by atoms with Crippen molar-refractivity contribution in [2.24, 2.45) is 22.0 Å². The van der Waals surface area contributed by atoms with Gasteiger partial charge in [0.25, 0.3) is 11.8 Å². The summed E-state index contributed by atoms with van der Waals surface area (Å²) in [5, 5.41) is 22.4. The summed E-state index contributed by atoms with van der Waals surface area (Å²) < 4.78 is 18.4. The van der Waals surface area contributed by atoms with Gasteiger partial charge >= 0.3 is 0 Å². The quantitative estimate of drug-likeness (QED) is 0.0714. The summed E-state index contributed by atoms with van der Waals surface area (Å²) in [6, 6.07) is 15.0. The average Bonchev–Trinajstić information content (AvgIpc) is 3.89. The van der Waals surface area contributed by atoms with E-state index >= 15 is 4.79 Å². The van der Waals surface area contributed by atoms with Crippen LogP contribution in [0.25, 0.3) is 10.4 Å². The molecule has 2 aliphatic rings. The lowest BCUT2D eigenvalue weighted by molar-refractivity contribution is -0.226. The molecule has 6 rings (SSSR count). The van der Waals surface area contributed by atoms with E-state index in [1.54, 1.807) is 58.1 Å². The molecule has 1 saturated carbocycles. The third-order valence-corrected chi connectivity index (χ3v) is 13.8.